The van der Waals surface area contributed by atoms with Crippen LogP contribution in [0.25, 0.3) is 0 Å². The zero-order valence-electron chi connectivity index (χ0n) is 6.25. The zero-order valence-corrected chi connectivity index (χ0v) is 7.88. The number of thiocarbonyl (C=S) groups is 1. The summed E-state index contributed by atoms with van der Waals surface area (Å²) in [5.74, 6) is 0.609. The molecule has 0 amide bonds. The molecule has 0 bridgehead atoms. The molecule has 3 nitrogen and oxygen atoms in total. The standard InChI is InChI=1S/C6H8N2OS2/c1-3-5(9-2)8-6(11-3)4(7)10/h1-2H3,(H2,7,10). The van der Waals surface area contributed by atoms with Gasteiger partial charge >= 0.3 is 0 Å². The molecule has 0 saturated heterocycles. The monoisotopic (exact) mass is 188 g/mol. The predicted octanol–water partition coefficient (Wildman–Crippen LogP) is 1.09. The van der Waals surface area contributed by atoms with Crippen molar-refractivity contribution in [1.82, 2.24) is 4.98 Å². The molecule has 11 heavy (non-hydrogen) atoms. The van der Waals surface area contributed by atoms with E-state index in [2.05, 4.69) is 4.98 Å². The van der Waals surface area contributed by atoms with Gasteiger partial charge in [-0.2, -0.15) is 4.98 Å². The summed E-state index contributed by atoms with van der Waals surface area (Å²) in [5, 5.41) is 0.661. The first-order valence-corrected chi connectivity index (χ1v) is 4.19. The Labute approximate surface area is 74.2 Å². The number of nitrogens with zero attached hydrogens (tertiary/aromatic N) is 1. The van der Waals surface area contributed by atoms with Gasteiger partial charge in [-0.05, 0) is 6.92 Å². The van der Waals surface area contributed by atoms with Gasteiger partial charge in [0.1, 0.15) is 4.99 Å². The van der Waals surface area contributed by atoms with Crippen LogP contribution in [-0.4, -0.2) is 17.1 Å². The largest absolute Gasteiger partial charge is 0.480 e. The lowest BCUT2D eigenvalue weighted by atomic mass is 10.6. The van der Waals surface area contributed by atoms with Crippen LogP contribution in [0.15, 0.2) is 0 Å². The number of nitrogens with two attached hydrogens (primary N) is 1. The molecular weight excluding hydrogens is 180 g/mol. The van der Waals surface area contributed by atoms with Gasteiger partial charge < -0.3 is 10.5 Å². The minimum Gasteiger partial charge on any atom is -0.480 e. The normalized spacial score (nSPS) is 9.64. The van der Waals surface area contributed by atoms with Gasteiger partial charge in [0.15, 0.2) is 5.01 Å². The summed E-state index contributed by atoms with van der Waals surface area (Å²) in [6.45, 7) is 1.91. The fourth-order valence-electron chi connectivity index (χ4n) is 0.677. The molecule has 0 saturated carbocycles. The van der Waals surface area contributed by atoms with Gasteiger partial charge in [-0.1, -0.05) is 12.2 Å². The second-order valence-corrected chi connectivity index (χ2v) is 3.59. The lowest BCUT2D eigenvalue weighted by Gasteiger charge is -1.91. The van der Waals surface area contributed by atoms with E-state index in [-0.39, 0.29) is 0 Å². The maximum Gasteiger partial charge on any atom is 0.227 e. The van der Waals surface area contributed by atoms with Gasteiger partial charge in [0.2, 0.25) is 5.88 Å². The molecule has 1 aromatic heterocycles. The topological polar surface area (TPSA) is 48.1 Å². The number of methoxy groups -OCH3 is 1. The van der Waals surface area contributed by atoms with Crippen LogP contribution in [0.4, 0.5) is 0 Å². The third kappa shape index (κ3) is 1.66. The number of ether oxygens (including phenoxy) is 1. The summed E-state index contributed by atoms with van der Waals surface area (Å²) in [4.78, 5) is 5.37. The van der Waals surface area contributed by atoms with E-state index in [1.165, 1.54) is 11.3 Å². The SMILES string of the molecule is COc1nc(C(N)=S)sc1C. The van der Waals surface area contributed by atoms with Crippen molar-refractivity contribution < 1.29 is 4.74 Å². The van der Waals surface area contributed by atoms with Crippen molar-refractivity contribution in [2.24, 2.45) is 5.73 Å². The highest BCUT2D eigenvalue weighted by Gasteiger charge is 2.08. The van der Waals surface area contributed by atoms with E-state index in [0.29, 0.717) is 15.9 Å². The first kappa shape index (κ1) is 8.42. The summed E-state index contributed by atoms with van der Waals surface area (Å²) in [6.07, 6.45) is 0. The highest BCUT2D eigenvalue weighted by molar-refractivity contribution is 7.81. The fourth-order valence-corrected chi connectivity index (χ4v) is 1.58. The summed E-state index contributed by atoms with van der Waals surface area (Å²) in [6, 6.07) is 0. The maximum absolute atomic E-state index is 5.37. The van der Waals surface area contributed by atoms with E-state index < -0.39 is 0 Å². The minimum absolute atomic E-state index is 0.321. The Bertz CT molecular complexity index is 282. The van der Waals surface area contributed by atoms with Gasteiger partial charge in [0, 0.05) is 0 Å². The van der Waals surface area contributed by atoms with E-state index in [1.807, 2.05) is 6.92 Å². The summed E-state index contributed by atoms with van der Waals surface area (Å²) in [7, 11) is 1.57. The van der Waals surface area contributed by atoms with Gasteiger partial charge in [-0.15, -0.1) is 11.3 Å². The van der Waals surface area contributed by atoms with Crippen LogP contribution in [0.2, 0.25) is 0 Å². The third-order valence-electron chi connectivity index (χ3n) is 1.16. The molecule has 5 heteroatoms. The molecule has 0 radical (unpaired) electrons. The average molecular weight is 188 g/mol. The quantitative estimate of drug-likeness (QED) is 0.706. The van der Waals surface area contributed by atoms with Gasteiger partial charge in [-0.3, -0.25) is 0 Å². The van der Waals surface area contributed by atoms with Crippen molar-refractivity contribution in [3.63, 3.8) is 0 Å². The number of thiazole rings is 1. The first-order valence-electron chi connectivity index (χ1n) is 2.96. The van der Waals surface area contributed by atoms with Gasteiger partial charge in [0.25, 0.3) is 0 Å². The lowest BCUT2D eigenvalue weighted by molar-refractivity contribution is 0.398. The summed E-state index contributed by atoms with van der Waals surface area (Å²) >= 11 is 6.20. The molecule has 1 heterocycles. The van der Waals surface area contributed by atoms with Crippen LogP contribution >= 0.6 is 23.6 Å². The number of aromatic nitrogens is 1. The van der Waals surface area contributed by atoms with Crippen molar-refractivity contribution in [3.05, 3.63) is 9.88 Å². The second-order valence-electron chi connectivity index (χ2n) is 1.95. The molecule has 60 valence electrons. The predicted molar refractivity (Wildman–Crippen MR) is 49.3 cm³/mol. The molecule has 1 aromatic rings. The second kappa shape index (κ2) is 3.15. The minimum atomic E-state index is 0.321. The molecular formula is C6H8N2OS2. The van der Waals surface area contributed by atoms with E-state index in [1.54, 1.807) is 7.11 Å². The molecule has 0 aliphatic carbocycles. The van der Waals surface area contributed by atoms with Gasteiger partial charge in [-0.25, -0.2) is 0 Å². The van der Waals surface area contributed by atoms with Crippen LogP contribution in [0.1, 0.15) is 9.88 Å². The molecule has 0 aliphatic rings. The molecule has 0 atom stereocenters. The Morgan fingerprint density at radius 3 is 2.64 bits per heavy atom. The molecule has 1 rings (SSSR count). The molecule has 0 spiro atoms. The van der Waals surface area contributed by atoms with Crippen LogP contribution in [0, 0.1) is 6.92 Å². The number of hydrogen-bond acceptors (Lipinski definition) is 4. The van der Waals surface area contributed by atoms with Crippen molar-refractivity contribution in [2.45, 2.75) is 6.92 Å². The number of hydrogen-bond donors (Lipinski definition) is 1. The fraction of sp³-hybridized carbons (Fsp3) is 0.333. The lowest BCUT2D eigenvalue weighted by Crippen LogP contribution is -2.08. The van der Waals surface area contributed by atoms with Crippen LogP contribution in [0.5, 0.6) is 5.88 Å². The van der Waals surface area contributed by atoms with Crippen LogP contribution < -0.4 is 10.5 Å². The van der Waals surface area contributed by atoms with E-state index in [9.17, 15) is 0 Å². The average Bonchev–Trinajstić information content (AvgIpc) is 2.31. The smallest absolute Gasteiger partial charge is 0.227 e. The van der Waals surface area contributed by atoms with Crippen LogP contribution in [-0.2, 0) is 0 Å². The Kier molecular flexibility index (Phi) is 2.41. The van der Waals surface area contributed by atoms with Crippen molar-refractivity contribution >= 4 is 28.5 Å². The highest BCUT2D eigenvalue weighted by Crippen LogP contribution is 2.23. The maximum atomic E-state index is 5.37. The molecule has 2 N–H and O–H groups in total. The van der Waals surface area contributed by atoms with Crippen molar-refractivity contribution in [1.29, 1.82) is 0 Å². The Balaban J connectivity index is 3.05. The van der Waals surface area contributed by atoms with Crippen molar-refractivity contribution in [3.8, 4) is 5.88 Å². The molecule has 0 aliphatic heterocycles. The van der Waals surface area contributed by atoms with E-state index in [0.717, 1.165) is 4.88 Å². The third-order valence-corrected chi connectivity index (χ3v) is 2.47. The highest BCUT2D eigenvalue weighted by atomic mass is 32.1. The Morgan fingerprint density at radius 1 is 1.73 bits per heavy atom. The zero-order chi connectivity index (χ0) is 8.43. The summed E-state index contributed by atoms with van der Waals surface area (Å²) in [5.41, 5.74) is 5.37. The Hall–Kier alpha value is -0.680. The number of aryl methyl sites for hydroxylation is 1. The van der Waals surface area contributed by atoms with Gasteiger partial charge in [0.05, 0.1) is 12.0 Å². The summed E-state index contributed by atoms with van der Waals surface area (Å²) < 4.78 is 4.96. The number of rotatable bonds is 2. The van der Waals surface area contributed by atoms with E-state index >= 15 is 0 Å². The van der Waals surface area contributed by atoms with Crippen molar-refractivity contribution in [2.75, 3.05) is 7.11 Å². The molecule has 0 aromatic carbocycles. The van der Waals surface area contributed by atoms with E-state index in [4.69, 9.17) is 22.7 Å². The van der Waals surface area contributed by atoms with Crippen LogP contribution in [0.3, 0.4) is 0 Å². The molecule has 0 fully saturated rings. The Morgan fingerprint density at radius 2 is 2.36 bits per heavy atom. The molecule has 0 unspecified atom stereocenters. The first-order chi connectivity index (χ1) is 5.15.